The molecule has 0 aliphatic rings. The maximum absolute atomic E-state index is 11.5. The third-order valence-electron chi connectivity index (χ3n) is 1.81. The molecular formula is C10H7BrN2O. The average Bonchev–Trinajstić information content (AvgIpc) is 2.23. The van der Waals surface area contributed by atoms with Gasteiger partial charge in [-0.2, -0.15) is 0 Å². The van der Waals surface area contributed by atoms with Crippen molar-refractivity contribution in [3.05, 3.63) is 57.7 Å². The summed E-state index contributed by atoms with van der Waals surface area (Å²) in [6.07, 6.45) is 2.94. The average molecular weight is 251 g/mol. The van der Waals surface area contributed by atoms with Gasteiger partial charge in [0.05, 0.1) is 6.20 Å². The molecule has 0 saturated carbocycles. The lowest BCUT2D eigenvalue weighted by molar-refractivity contribution is 0.943. The van der Waals surface area contributed by atoms with E-state index >= 15 is 0 Å². The second kappa shape index (κ2) is 3.75. The van der Waals surface area contributed by atoms with Gasteiger partial charge in [-0.25, -0.2) is 4.98 Å². The summed E-state index contributed by atoms with van der Waals surface area (Å²) in [5.74, 6) is 0. The SMILES string of the molecule is O=c1cnc(Br)cn1-c1ccccc1. The maximum Gasteiger partial charge on any atom is 0.273 e. The summed E-state index contributed by atoms with van der Waals surface area (Å²) < 4.78 is 2.18. The monoisotopic (exact) mass is 250 g/mol. The largest absolute Gasteiger partial charge is 0.280 e. The Morgan fingerprint density at radius 3 is 2.64 bits per heavy atom. The Hall–Kier alpha value is -1.42. The molecule has 0 spiro atoms. The van der Waals surface area contributed by atoms with Crippen LogP contribution in [0.15, 0.2) is 52.1 Å². The van der Waals surface area contributed by atoms with E-state index < -0.39 is 0 Å². The molecular weight excluding hydrogens is 244 g/mol. The predicted octanol–water partition coefficient (Wildman–Crippen LogP) is 1.99. The topological polar surface area (TPSA) is 34.9 Å². The minimum atomic E-state index is -0.139. The number of hydrogen-bond acceptors (Lipinski definition) is 2. The van der Waals surface area contributed by atoms with Crippen molar-refractivity contribution in [1.82, 2.24) is 9.55 Å². The Morgan fingerprint density at radius 1 is 1.21 bits per heavy atom. The fourth-order valence-electron chi connectivity index (χ4n) is 1.17. The zero-order chi connectivity index (χ0) is 9.97. The van der Waals surface area contributed by atoms with E-state index in [0.717, 1.165) is 5.69 Å². The highest BCUT2D eigenvalue weighted by Crippen LogP contribution is 2.07. The van der Waals surface area contributed by atoms with Crippen molar-refractivity contribution in [3.8, 4) is 5.69 Å². The Bertz CT molecular complexity index is 493. The van der Waals surface area contributed by atoms with Crippen LogP contribution in [-0.2, 0) is 0 Å². The van der Waals surface area contributed by atoms with Crippen LogP contribution in [0.3, 0.4) is 0 Å². The number of rotatable bonds is 1. The fraction of sp³-hybridized carbons (Fsp3) is 0. The number of halogens is 1. The highest BCUT2D eigenvalue weighted by Gasteiger charge is 1.99. The van der Waals surface area contributed by atoms with Gasteiger partial charge >= 0.3 is 0 Å². The van der Waals surface area contributed by atoms with Crippen LogP contribution in [0.5, 0.6) is 0 Å². The van der Waals surface area contributed by atoms with Crippen molar-refractivity contribution in [2.45, 2.75) is 0 Å². The van der Waals surface area contributed by atoms with Crippen LogP contribution in [0.1, 0.15) is 0 Å². The van der Waals surface area contributed by atoms with Gasteiger partial charge in [-0.05, 0) is 28.1 Å². The van der Waals surface area contributed by atoms with Gasteiger partial charge in [-0.1, -0.05) is 18.2 Å². The van der Waals surface area contributed by atoms with E-state index in [1.54, 1.807) is 6.20 Å². The molecule has 14 heavy (non-hydrogen) atoms. The molecule has 0 radical (unpaired) electrons. The lowest BCUT2D eigenvalue weighted by Gasteiger charge is -2.03. The van der Waals surface area contributed by atoms with E-state index in [9.17, 15) is 4.79 Å². The quantitative estimate of drug-likeness (QED) is 0.776. The minimum absolute atomic E-state index is 0.139. The fourth-order valence-corrected chi connectivity index (χ4v) is 1.48. The maximum atomic E-state index is 11.5. The first-order valence-corrected chi connectivity index (χ1v) is 4.86. The van der Waals surface area contributed by atoms with Gasteiger partial charge in [0.15, 0.2) is 0 Å². The summed E-state index contributed by atoms with van der Waals surface area (Å²) in [6.45, 7) is 0. The molecule has 1 heterocycles. The van der Waals surface area contributed by atoms with E-state index in [4.69, 9.17) is 0 Å². The second-order valence-corrected chi connectivity index (χ2v) is 3.57. The molecule has 0 atom stereocenters. The summed E-state index contributed by atoms with van der Waals surface area (Å²) in [7, 11) is 0. The Balaban J connectivity index is 2.63. The minimum Gasteiger partial charge on any atom is -0.280 e. The number of hydrogen-bond donors (Lipinski definition) is 0. The van der Waals surface area contributed by atoms with Crippen LogP contribution < -0.4 is 5.56 Å². The number of aromatic nitrogens is 2. The van der Waals surface area contributed by atoms with Crippen molar-refractivity contribution in [2.24, 2.45) is 0 Å². The molecule has 0 unspecified atom stereocenters. The smallest absolute Gasteiger partial charge is 0.273 e. The molecule has 2 rings (SSSR count). The van der Waals surface area contributed by atoms with Crippen molar-refractivity contribution < 1.29 is 0 Å². The summed E-state index contributed by atoms with van der Waals surface area (Å²) in [4.78, 5) is 15.3. The Kier molecular flexibility index (Phi) is 2.45. The second-order valence-electron chi connectivity index (χ2n) is 2.75. The van der Waals surface area contributed by atoms with Crippen LogP contribution in [0, 0.1) is 0 Å². The van der Waals surface area contributed by atoms with Gasteiger partial charge in [0.2, 0.25) is 0 Å². The van der Waals surface area contributed by atoms with E-state index in [1.807, 2.05) is 30.3 Å². The molecule has 0 aliphatic carbocycles. The standard InChI is InChI=1S/C10H7BrN2O/c11-9-7-13(10(14)6-12-9)8-4-2-1-3-5-8/h1-7H. The molecule has 3 nitrogen and oxygen atoms in total. The zero-order valence-electron chi connectivity index (χ0n) is 7.22. The lowest BCUT2D eigenvalue weighted by atomic mass is 10.3. The van der Waals surface area contributed by atoms with Gasteiger partial charge < -0.3 is 0 Å². The van der Waals surface area contributed by atoms with Crippen molar-refractivity contribution >= 4 is 15.9 Å². The zero-order valence-corrected chi connectivity index (χ0v) is 8.81. The summed E-state index contributed by atoms with van der Waals surface area (Å²) in [5.41, 5.74) is 0.694. The first-order chi connectivity index (χ1) is 6.77. The van der Waals surface area contributed by atoms with Crippen LogP contribution in [0.4, 0.5) is 0 Å². The van der Waals surface area contributed by atoms with Crippen molar-refractivity contribution in [1.29, 1.82) is 0 Å². The van der Waals surface area contributed by atoms with Gasteiger partial charge in [0, 0.05) is 11.9 Å². The summed E-state index contributed by atoms with van der Waals surface area (Å²) in [5, 5.41) is 0. The van der Waals surface area contributed by atoms with Crippen molar-refractivity contribution in [3.63, 3.8) is 0 Å². The molecule has 70 valence electrons. The number of benzene rings is 1. The third kappa shape index (κ3) is 1.75. The molecule has 0 fully saturated rings. The first-order valence-electron chi connectivity index (χ1n) is 4.07. The van der Waals surface area contributed by atoms with Gasteiger partial charge in [0.1, 0.15) is 4.60 Å². The van der Waals surface area contributed by atoms with Crippen LogP contribution in [-0.4, -0.2) is 9.55 Å². The lowest BCUT2D eigenvalue weighted by Crippen LogP contribution is -2.17. The normalized spacial score (nSPS) is 10.1. The summed E-state index contributed by atoms with van der Waals surface area (Å²) in [6, 6.07) is 9.42. The first kappa shape index (κ1) is 9.15. The van der Waals surface area contributed by atoms with Gasteiger partial charge in [-0.3, -0.25) is 9.36 Å². The molecule has 0 saturated heterocycles. The van der Waals surface area contributed by atoms with E-state index in [-0.39, 0.29) is 5.56 Å². The van der Waals surface area contributed by atoms with Gasteiger partial charge in [-0.15, -0.1) is 0 Å². The molecule has 0 bridgehead atoms. The third-order valence-corrected chi connectivity index (χ3v) is 2.22. The highest BCUT2D eigenvalue weighted by molar-refractivity contribution is 9.10. The van der Waals surface area contributed by atoms with E-state index in [1.165, 1.54) is 10.8 Å². The van der Waals surface area contributed by atoms with Gasteiger partial charge in [0.25, 0.3) is 5.56 Å². The molecule has 1 aromatic carbocycles. The van der Waals surface area contributed by atoms with Crippen LogP contribution >= 0.6 is 15.9 Å². The highest BCUT2D eigenvalue weighted by atomic mass is 79.9. The van der Waals surface area contributed by atoms with E-state index in [2.05, 4.69) is 20.9 Å². The molecule has 1 aromatic heterocycles. The molecule has 4 heteroatoms. The molecule has 0 amide bonds. The van der Waals surface area contributed by atoms with Crippen LogP contribution in [0.2, 0.25) is 0 Å². The van der Waals surface area contributed by atoms with Crippen LogP contribution in [0.25, 0.3) is 5.69 Å². The number of para-hydroxylation sites is 1. The van der Waals surface area contributed by atoms with Crippen molar-refractivity contribution in [2.75, 3.05) is 0 Å². The Labute approximate surface area is 89.2 Å². The molecule has 2 aromatic rings. The molecule has 0 aliphatic heterocycles. The summed E-state index contributed by atoms with van der Waals surface area (Å²) >= 11 is 3.22. The van der Waals surface area contributed by atoms with E-state index in [0.29, 0.717) is 4.60 Å². The Morgan fingerprint density at radius 2 is 1.93 bits per heavy atom. The molecule has 0 N–H and O–H groups in total. The number of nitrogens with zero attached hydrogens (tertiary/aromatic N) is 2. The predicted molar refractivity (Wildman–Crippen MR) is 57.5 cm³/mol.